The Hall–Kier alpha value is -2.17. The summed E-state index contributed by atoms with van der Waals surface area (Å²) >= 11 is 0. The number of hydrogen-bond donors (Lipinski definition) is 0. The van der Waals surface area contributed by atoms with Crippen LogP contribution < -0.4 is 0 Å². The van der Waals surface area contributed by atoms with Gasteiger partial charge in [-0.1, -0.05) is 31.1 Å². The first-order valence-corrected chi connectivity index (χ1v) is 10.1. The van der Waals surface area contributed by atoms with Gasteiger partial charge in [0.2, 0.25) is 11.8 Å². The van der Waals surface area contributed by atoms with Crippen LogP contribution in [0.25, 0.3) is 5.57 Å². The van der Waals surface area contributed by atoms with Crippen molar-refractivity contribution in [2.45, 2.75) is 51.0 Å². The molecular formula is C22H27FN2O2. The average Bonchev–Trinajstić information content (AvgIpc) is 3.23. The van der Waals surface area contributed by atoms with Crippen LogP contribution in [0, 0.1) is 11.7 Å². The monoisotopic (exact) mass is 370 g/mol. The summed E-state index contributed by atoms with van der Waals surface area (Å²) in [6, 6.07) is 6.89. The molecule has 1 aromatic rings. The zero-order valence-electron chi connectivity index (χ0n) is 15.7. The highest BCUT2D eigenvalue weighted by Gasteiger charge is 2.36. The predicted molar refractivity (Wildman–Crippen MR) is 102 cm³/mol. The molecule has 1 aromatic carbocycles. The number of carbonyl (C=O) groups excluding carboxylic acids is 2. The summed E-state index contributed by atoms with van der Waals surface area (Å²) in [5.41, 5.74) is 2.20. The number of likely N-dealkylation sites (tertiary alicyclic amines) is 1. The van der Waals surface area contributed by atoms with Gasteiger partial charge in [0.15, 0.2) is 0 Å². The summed E-state index contributed by atoms with van der Waals surface area (Å²) in [5, 5.41) is 0. The fraction of sp³-hybridized carbons (Fsp3) is 0.545. The van der Waals surface area contributed by atoms with Crippen LogP contribution in [0.2, 0.25) is 0 Å². The van der Waals surface area contributed by atoms with Crippen LogP contribution in [-0.4, -0.2) is 47.3 Å². The summed E-state index contributed by atoms with van der Waals surface area (Å²) in [4.78, 5) is 29.2. The fourth-order valence-electron chi connectivity index (χ4n) is 4.70. The van der Waals surface area contributed by atoms with Gasteiger partial charge in [0.25, 0.3) is 0 Å². The Balaban J connectivity index is 1.38. The quantitative estimate of drug-likeness (QED) is 0.815. The fourth-order valence-corrected chi connectivity index (χ4v) is 4.70. The van der Waals surface area contributed by atoms with E-state index in [9.17, 15) is 14.0 Å². The first kappa shape index (κ1) is 18.2. The Kier molecular flexibility index (Phi) is 5.28. The SMILES string of the molecule is O=C(C1CCC(=O)N(C2CCCC2)C1)N1CC=C(c2ccc(F)cc2)CC1. The zero-order chi connectivity index (χ0) is 18.8. The smallest absolute Gasteiger partial charge is 0.227 e. The maximum atomic E-state index is 13.1. The minimum atomic E-state index is -0.231. The largest absolute Gasteiger partial charge is 0.339 e. The van der Waals surface area contributed by atoms with Gasteiger partial charge in [0.05, 0.1) is 5.92 Å². The number of amides is 2. The lowest BCUT2D eigenvalue weighted by molar-refractivity contribution is -0.144. The van der Waals surface area contributed by atoms with Gasteiger partial charge >= 0.3 is 0 Å². The van der Waals surface area contributed by atoms with Gasteiger partial charge in [-0.2, -0.15) is 0 Å². The van der Waals surface area contributed by atoms with Crippen molar-refractivity contribution in [1.29, 1.82) is 0 Å². The van der Waals surface area contributed by atoms with Crippen molar-refractivity contribution in [3.63, 3.8) is 0 Å². The molecule has 1 unspecified atom stereocenters. The second-order valence-electron chi connectivity index (χ2n) is 7.99. The molecule has 4 nitrogen and oxygen atoms in total. The molecule has 27 heavy (non-hydrogen) atoms. The highest BCUT2D eigenvalue weighted by atomic mass is 19.1. The molecule has 2 aliphatic heterocycles. The summed E-state index contributed by atoms with van der Waals surface area (Å²) in [7, 11) is 0. The summed E-state index contributed by atoms with van der Waals surface area (Å²) < 4.78 is 13.1. The van der Waals surface area contributed by atoms with Gasteiger partial charge in [0, 0.05) is 32.1 Å². The molecule has 0 spiro atoms. The van der Waals surface area contributed by atoms with Crippen molar-refractivity contribution in [2.24, 2.45) is 5.92 Å². The first-order chi connectivity index (χ1) is 13.1. The van der Waals surface area contributed by atoms with E-state index in [0.29, 0.717) is 38.5 Å². The van der Waals surface area contributed by atoms with Crippen molar-refractivity contribution < 1.29 is 14.0 Å². The molecule has 0 bridgehead atoms. The second-order valence-corrected chi connectivity index (χ2v) is 7.99. The van der Waals surface area contributed by atoms with Crippen LogP contribution in [0.15, 0.2) is 30.3 Å². The molecule has 4 rings (SSSR count). The molecule has 3 aliphatic rings. The molecule has 1 atom stereocenters. The third kappa shape index (κ3) is 3.92. The van der Waals surface area contributed by atoms with Gasteiger partial charge in [-0.3, -0.25) is 9.59 Å². The molecule has 1 saturated heterocycles. The highest BCUT2D eigenvalue weighted by Crippen LogP contribution is 2.30. The van der Waals surface area contributed by atoms with E-state index in [1.54, 1.807) is 12.1 Å². The molecule has 5 heteroatoms. The van der Waals surface area contributed by atoms with Gasteiger partial charge in [-0.05, 0) is 49.0 Å². The molecular weight excluding hydrogens is 343 g/mol. The summed E-state index contributed by atoms with van der Waals surface area (Å²) in [6.07, 6.45) is 8.59. The average molecular weight is 370 g/mol. The third-order valence-electron chi connectivity index (χ3n) is 6.29. The number of rotatable bonds is 3. The van der Waals surface area contributed by atoms with E-state index >= 15 is 0 Å². The molecule has 1 saturated carbocycles. The van der Waals surface area contributed by atoms with E-state index in [2.05, 4.69) is 6.08 Å². The minimum Gasteiger partial charge on any atom is -0.339 e. The van der Waals surface area contributed by atoms with Crippen LogP contribution in [-0.2, 0) is 9.59 Å². The Bertz CT molecular complexity index is 737. The Labute approximate surface area is 160 Å². The number of nitrogens with zero attached hydrogens (tertiary/aromatic N) is 2. The van der Waals surface area contributed by atoms with Crippen molar-refractivity contribution in [2.75, 3.05) is 19.6 Å². The van der Waals surface area contributed by atoms with E-state index in [1.165, 1.54) is 30.5 Å². The zero-order valence-corrected chi connectivity index (χ0v) is 15.7. The molecule has 2 fully saturated rings. The van der Waals surface area contributed by atoms with Gasteiger partial charge in [0.1, 0.15) is 5.82 Å². The molecule has 2 amide bonds. The standard InChI is InChI=1S/C22H27FN2O2/c23-19-8-5-16(6-9-19)17-11-13-24(14-12-17)22(27)18-7-10-21(26)25(15-18)20-3-1-2-4-20/h5-6,8-9,11,18,20H,1-4,7,10,12-15H2. The second kappa shape index (κ2) is 7.83. The van der Waals surface area contributed by atoms with Crippen LogP contribution >= 0.6 is 0 Å². The summed E-state index contributed by atoms with van der Waals surface area (Å²) in [5.74, 6) is 0.109. The van der Waals surface area contributed by atoms with Crippen LogP contribution in [0.1, 0.15) is 50.5 Å². The van der Waals surface area contributed by atoms with Crippen LogP contribution in [0.5, 0.6) is 0 Å². The minimum absolute atomic E-state index is 0.0657. The highest BCUT2D eigenvalue weighted by molar-refractivity contribution is 5.85. The number of halogens is 1. The molecule has 0 aromatic heterocycles. The van der Waals surface area contributed by atoms with Gasteiger partial charge < -0.3 is 9.80 Å². The Morgan fingerprint density at radius 2 is 1.78 bits per heavy atom. The molecule has 144 valence electrons. The lowest BCUT2D eigenvalue weighted by Crippen LogP contribution is -2.50. The first-order valence-electron chi connectivity index (χ1n) is 10.1. The number of benzene rings is 1. The molecule has 2 heterocycles. The van der Waals surface area contributed by atoms with Crippen LogP contribution in [0.3, 0.4) is 0 Å². The number of carbonyl (C=O) groups is 2. The van der Waals surface area contributed by atoms with Gasteiger partial charge in [-0.15, -0.1) is 0 Å². The van der Waals surface area contributed by atoms with Crippen molar-refractivity contribution in [3.8, 4) is 0 Å². The lowest BCUT2D eigenvalue weighted by Gasteiger charge is -2.38. The van der Waals surface area contributed by atoms with Gasteiger partial charge in [-0.25, -0.2) is 4.39 Å². The van der Waals surface area contributed by atoms with E-state index in [0.717, 1.165) is 24.8 Å². The van der Waals surface area contributed by atoms with E-state index < -0.39 is 0 Å². The van der Waals surface area contributed by atoms with Crippen molar-refractivity contribution in [3.05, 3.63) is 41.7 Å². The van der Waals surface area contributed by atoms with E-state index in [1.807, 2.05) is 9.80 Å². The molecule has 0 N–H and O–H groups in total. The molecule has 1 aliphatic carbocycles. The Morgan fingerprint density at radius 1 is 1.04 bits per heavy atom. The maximum absolute atomic E-state index is 13.1. The number of piperidine rings is 1. The normalized spacial score (nSPS) is 24.3. The van der Waals surface area contributed by atoms with Crippen molar-refractivity contribution in [1.82, 2.24) is 9.80 Å². The predicted octanol–water partition coefficient (Wildman–Crippen LogP) is 3.62. The Morgan fingerprint density at radius 3 is 2.44 bits per heavy atom. The third-order valence-corrected chi connectivity index (χ3v) is 6.29. The maximum Gasteiger partial charge on any atom is 0.227 e. The van der Waals surface area contributed by atoms with Crippen molar-refractivity contribution >= 4 is 17.4 Å². The number of hydrogen-bond acceptors (Lipinski definition) is 2. The summed E-state index contributed by atoms with van der Waals surface area (Å²) in [6.45, 7) is 1.88. The van der Waals surface area contributed by atoms with E-state index in [-0.39, 0.29) is 23.5 Å². The lowest BCUT2D eigenvalue weighted by atomic mass is 9.93. The molecule has 0 radical (unpaired) electrons. The van der Waals surface area contributed by atoms with Crippen LogP contribution in [0.4, 0.5) is 4.39 Å². The topological polar surface area (TPSA) is 40.6 Å². The van der Waals surface area contributed by atoms with E-state index in [4.69, 9.17) is 0 Å².